The molecule has 2 nitrogen and oxygen atoms in total. The summed E-state index contributed by atoms with van der Waals surface area (Å²) in [6.07, 6.45) is 6.09. The van der Waals surface area contributed by atoms with Crippen LogP contribution >= 0.6 is 11.6 Å². The minimum absolute atomic E-state index is 0.189. The van der Waals surface area contributed by atoms with Gasteiger partial charge in [-0.2, -0.15) is 0 Å². The molecule has 20 heavy (non-hydrogen) atoms. The Morgan fingerprint density at radius 3 is 2.85 bits per heavy atom. The van der Waals surface area contributed by atoms with Gasteiger partial charge in [-0.25, -0.2) is 0 Å². The molecule has 2 unspecified atom stereocenters. The summed E-state index contributed by atoms with van der Waals surface area (Å²) in [5.74, 6) is 0.619. The molecule has 0 bridgehead atoms. The lowest BCUT2D eigenvalue weighted by Crippen LogP contribution is -2.47. The number of aryl methyl sites for hydroxylation is 1. The first-order chi connectivity index (χ1) is 9.65. The smallest absolute Gasteiger partial charge is 0.0686 e. The SMILES string of the molecule is CNC(c1cccc(C)c1Cl)C1CCOC2(CCC2)C1. The van der Waals surface area contributed by atoms with Crippen LogP contribution in [0.4, 0.5) is 0 Å². The van der Waals surface area contributed by atoms with Crippen LogP contribution in [0.3, 0.4) is 0 Å². The van der Waals surface area contributed by atoms with Gasteiger partial charge in [-0.3, -0.25) is 0 Å². The summed E-state index contributed by atoms with van der Waals surface area (Å²) >= 11 is 6.53. The van der Waals surface area contributed by atoms with E-state index in [2.05, 4.69) is 30.4 Å². The summed E-state index contributed by atoms with van der Waals surface area (Å²) in [6, 6.07) is 6.69. The number of hydrogen-bond acceptors (Lipinski definition) is 2. The molecule has 1 N–H and O–H groups in total. The number of nitrogens with one attached hydrogen (secondary N) is 1. The van der Waals surface area contributed by atoms with Gasteiger partial charge in [0.2, 0.25) is 0 Å². The molecular weight excluding hydrogens is 270 g/mol. The topological polar surface area (TPSA) is 21.3 Å². The van der Waals surface area contributed by atoms with Crippen LogP contribution in [0.5, 0.6) is 0 Å². The lowest BCUT2D eigenvalue weighted by atomic mass is 9.69. The summed E-state index contributed by atoms with van der Waals surface area (Å²) in [5, 5.41) is 4.42. The highest BCUT2D eigenvalue weighted by Gasteiger charge is 2.44. The predicted molar refractivity (Wildman–Crippen MR) is 83.2 cm³/mol. The third-order valence-electron chi connectivity index (χ3n) is 5.14. The lowest BCUT2D eigenvalue weighted by Gasteiger charge is -2.49. The molecule has 1 saturated carbocycles. The zero-order valence-electron chi connectivity index (χ0n) is 12.4. The van der Waals surface area contributed by atoms with Crippen LogP contribution in [0, 0.1) is 12.8 Å². The maximum absolute atomic E-state index is 6.53. The van der Waals surface area contributed by atoms with Gasteiger partial charge in [0.1, 0.15) is 0 Å². The quantitative estimate of drug-likeness (QED) is 0.899. The molecule has 1 heterocycles. The van der Waals surface area contributed by atoms with Crippen molar-refractivity contribution in [2.45, 2.75) is 50.7 Å². The summed E-state index contributed by atoms with van der Waals surface area (Å²) < 4.78 is 6.06. The molecule has 1 aromatic rings. The van der Waals surface area contributed by atoms with E-state index in [9.17, 15) is 0 Å². The fraction of sp³-hybridized carbons (Fsp3) is 0.647. The molecule has 2 aliphatic rings. The van der Waals surface area contributed by atoms with Gasteiger partial charge in [0.05, 0.1) is 5.60 Å². The van der Waals surface area contributed by atoms with E-state index in [0.717, 1.165) is 23.6 Å². The Hall–Kier alpha value is -0.570. The normalized spacial score (nSPS) is 26.2. The van der Waals surface area contributed by atoms with Crippen molar-refractivity contribution in [1.29, 1.82) is 0 Å². The maximum Gasteiger partial charge on any atom is 0.0686 e. The van der Waals surface area contributed by atoms with Gasteiger partial charge in [0.15, 0.2) is 0 Å². The fourth-order valence-corrected chi connectivity index (χ4v) is 4.07. The molecule has 2 fully saturated rings. The first kappa shape index (κ1) is 14.4. The number of ether oxygens (including phenoxy) is 1. The van der Waals surface area contributed by atoms with Crippen molar-refractivity contribution in [2.75, 3.05) is 13.7 Å². The minimum atomic E-state index is 0.189. The van der Waals surface area contributed by atoms with E-state index in [1.165, 1.54) is 31.2 Å². The molecule has 2 atom stereocenters. The molecule has 0 amide bonds. The number of rotatable bonds is 3. The van der Waals surface area contributed by atoms with Crippen LogP contribution < -0.4 is 5.32 Å². The molecule has 110 valence electrons. The van der Waals surface area contributed by atoms with E-state index in [4.69, 9.17) is 16.3 Å². The van der Waals surface area contributed by atoms with Crippen molar-refractivity contribution in [3.05, 3.63) is 34.3 Å². The van der Waals surface area contributed by atoms with E-state index in [1.54, 1.807) is 0 Å². The van der Waals surface area contributed by atoms with Crippen LogP contribution in [0.25, 0.3) is 0 Å². The van der Waals surface area contributed by atoms with Crippen LogP contribution in [0.2, 0.25) is 5.02 Å². The predicted octanol–water partition coefficient (Wildman–Crippen LogP) is 4.26. The van der Waals surface area contributed by atoms with Gasteiger partial charge in [0, 0.05) is 17.7 Å². The Morgan fingerprint density at radius 2 is 2.20 bits per heavy atom. The molecular formula is C17H24ClNO. The number of hydrogen-bond donors (Lipinski definition) is 1. The van der Waals surface area contributed by atoms with Crippen LogP contribution in [0.15, 0.2) is 18.2 Å². The zero-order chi connectivity index (χ0) is 14.2. The first-order valence-corrected chi connectivity index (χ1v) is 8.09. The number of benzene rings is 1. The third-order valence-corrected chi connectivity index (χ3v) is 5.65. The maximum atomic E-state index is 6.53. The molecule has 3 heteroatoms. The minimum Gasteiger partial charge on any atom is -0.375 e. The van der Waals surface area contributed by atoms with E-state index >= 15 is 0 Å². The summed E-state index contributed by atoms with van der Waals surface area (Å²) in [7, 11) is 2.05. The molecule has 0 aromatic heterocycles. The second kappa shape index (κ2) is 5.67. The Labute approximate surface area is 126 Å². The standard InChI is InChI=1S/C17H24ClNO/c1-12-5-3-6-14(15(12)18)16(19-2)13-7-10-20-17(11-13)8-4-9-17/h3,5-6,13,16,19H,4,7-11H2,1-2H3. The summed E-state index contributed by atoms with van der Waals surface area (Å²) in [6.45, 7) is 2.97. The molecule has 1 spiro atoms. The van der Waals surface area contributed by atoms with Crippen LogP contribution in [-0.2, 0) is 4.74 Å². The van der Waals surface area contributed by atoms with E-state index in [0.29, 0.717) is 12.0 Å². The number of halogens is 1. The Kier molecular flexibility index (Phi) is 4.07. The van der Waals surface area contributed by atoms with Crippen molar-refractivity contribution in [2.24, 2.45) is 5.92 Å². The van der Waals surface area contributed by atoms with Crippen LogP contribution in [-0.4, -0.2) is 19.3 Å². The average molecular weight is 294 g/mol. The van der Waals surface area contributed by atoms with Gasteiger partial charge >= 0.3 is 0 Å². The van der Waals surface area contributed by atoms with E-state index in [1.807, 2.05) is 7.05 Å². The van der Waals surface area contributed by atoms with Gasteiger partial charge in [0.25, 0.3) is 0 Å². The van der Waals surface area contributed by atoms with Gasteiger partial charge in [-0.1, -0.05) is 29.8 Å². The summed E-state index contributed by atoms with van der Waals surface area (Å²) in [5.41, 5.74) is 2.60. The Bertz CT molecular complexity index is 484. The molecule has 3 rings (SSSR count). The molecule has 1 aliphatic carbocycles. The Balaban J connectivity index is 1.84. The van der Waals surface area contributed by atoms with Crippen molar-refractivity contribution in [1.82, 2.24) is 5.32 Å². The van der Waals surface area contributed by atoms with Gasteiger partial charge in [-0.15, -0.1) is 0 Å². The van der Waals surface area contributed by atoms with Crippen molar-refractivity contribution in [3.8, 4) is 0 Å². The lowest BCUT2D eigenvalue weighted by molar-refractivity contribution is -0.147. The zero-order valence-corrected chi connectivity index (χ0v) is 13.2. The highest BCUT2D eigenvalue weighted by molar-refractivity contribution is 6.32. The van der Waals surface area contributed by atoms with Gasteiger partial charge in [-0.05, 0) is 63.1 Å². The average Bonchev–Trinajstić information content (AvgIpc) is 2.43. The van der Waals surface area contributed by atoms with Crippen molar-refractivity contribution in [3.63, 3.8) is 0 Å². The van der Waals surface area contributed by atoms with Gasteiger partial charge < -0.3 is 10.1 Å². The molecule has 0 radical (unpaired) electrons. The Morgan fingerprint density at radius 1 is 1.40 bits per heavy atom. The monoisotopic (exact) mass is 293 g/mol. The molecule has 1 aliphatic heterocycles. The van der Waals surface area contributed by atoms with Crippen LogP contribution in [0.1, 0.15) is 49.3 Å². The van der Waals surface area contributed by atoms with E-state index < -0.39 is 0 Å². The summed E-state index contributed by atoms with van der Waals surface area (Å²) in [4.78, 5) is 0. The largest absolute Gasteiger partial charge is 0.375 e. The van der Waals surface area contributed by atoms with Crippen molar-refractivity contribution >= 4 is 11.6 Å². The third kappa shape index (κ3) is 2.49. The molecule has 1 saturated heterocycles. The fourth-order valence-electron chi connectivity index (χ4n) is 3.83. The first-order valence-electron chi connectivity index (χ1n) is 7.71. The van der Waals surface area contributed by atoms with E-state index in [-0.39, 0.29) is 5.60 Å². The van der Waals surface area contributed by atoms with Crippen molar-refractivity contribution < 1.29 is 4.74 Å². The highest BCUT2D eigenvalue weighted by atomic mass is 35.5. The highest BCUT2D eigenvalue weighted by Crippen LogP contribution is 2.47. The second-order valence-electron chi connectivity index (χ2n) is 6.38. The molecule has 1 aromatic carbocycles. The second-order valence-corrected chi connectivity index (χ2v) is 6.76.